The summed E-state index contributed by atoms with van der Waals surface area (Å²) in [4.78, 5) is 14.5. The lowest BCUT2D eigenvalue weighted by atomic mass is 10.1. The molecule has 6 nitrogen and oxygen atoms in total. The molecule has 0 aromatic carbocycles. The first-order valence-electron chi connectivity index (χ1n) is 7.23. The Hall–Kier alpha value is -1.79. The third-order valence-corrected chi connectivity index (χ3v) is 4.10. The lowest BCUT2D eigenvalue weighted by Crippen LogP contribution is -2.57. The van der Waals surface area contributed by atoms with Gasteiger partial charge < -0.3 is 14.6 Å². The maximum atomic E-state index is 12.6. The number of aryl methyl sites for hydroxylation is 1. The molecule has 2 aromatic rings. The molecule has 2 aromatic heterocycles. The molecule has 1 aliphatic rings. The third-order valence-electron chi connectivity index (χ3n) is 4.10. The second-order valence-electron chi connectivity index (χ2n) is 5.56. The van der Waals surface area contributed by atoms with Gasteiger partial charge in [-0.2, -0.15) is 5.10 Å². The summed E-state index contributed by atoms with van der Waals surface area (Å²) in [6.45, 7) is 7.54. The van der Waals surface area contributed by atoms with E-state index in [1.807, 2.05) is 24.0 Å². The average Bonchev–Trinajstić information content (AvgIpc) is 3.09. The zero-order valence-electron chi connectivity index (χ0n) is 12.9. The first-order valence-corrected chi connectivity index (χ1v) is 7.23. The summed E-state index contributed by atoms with van der Waals surface area (Å²) >= 11 is 0. The molecule has 0 saturated carbocycles. The summed E-state index contributed by atoms with van der Waals surface area (Å²) in [5.74, 6) is 1.49. The number of aromatic nitrogens is 2. The number of furan rings is 1. The van der Waals surface area contributed by atoms with Crippen LogP contribution in [-0.4, -0.2) is 46.2 Å². The molecule has 0 radical (unpaired) electrons. The van der Waals surface area contributed by atoms with Crippen LogP contribution in [0.1, 0.15) is 30.1 Å². The Morgan fingerprint density at radius 3 is 2.86 bits per heavy atom. The third kappa shape index (κ3) is 3.03. The maximum Gasteiger partial charge on any atom is 0.274 e. The Labute approximate surface area is 135 Å². The van der Waals surface area contributed by atoms with Gasteiger partial charge in [-0.1, -0.05) is 0 Å². The molecule has 7 heteroatoms. The predicted octanol–water partition coefficient (Wildman–Crippen LogP) is 2.22. The van der Waals surface area contributed by atoms with Crippen LogP contribution < -0.4 is 5.32 Å². The highest BCUT2D eigenvalue weighted by Crippen LogP contribution is 2.21. The van der Waals surface area contributed by atoms with Crippen molar-refractivity contribution in [2.75, 3.05) is 13.1 Å². The Morgan fingerprint density at radius 2 is 2.18 bits per heavy atom. The number of rotatable bonds is 2. The van der Waals surface area contributed by atoms with Crippen LogP contribution in [-0.2, 0) is 0 Å². The van der Waals surface area contributed by atoms with Crippen molar-refractivity contribution >= 4 is 18.3 Å². The summed E-state index contributed by atoms with van der Waals surface area (Å²) in [6.07, 6.45) is 0. The minimum atomic E-state index is -0.0402. The van der Waals surface area contributed by atoms with Gasteiger partial charge in [0.25, 0.3) is 5.91 Å². The molecule has 1 amide bonds. The topological polar surface area (TPSA) is 74.2 Å². The van der Waals surface area contributed by atoms with E-state index in [1.54, 1.807) is 6.07 Å². The van der Waals surface area contributed by atoms with E-state index < -0.39 is 0 Å². The number of piperazine rings is 1. The molecule has 2 atom stereocenters. The van der Waals surface area contributed by atoms with Crippen molar-refractivity contribution in [1.82, 2.24) is 20.4 Å². The molecule has 1 aliphatic heterocycles. The van der Waals surface area contributed by atoms with E-state index in [0.717, 1.165) is 18.0 Å². The van der Waals surface area contributed by atoms with E-state index in [-0.39, 0.29) is 30.4 Å². The van der Waals surface area contributed by atoms with Gasteiger partial charge in [0.15, 0.2) is 11.5 Å². The number of carbonyl (C=O) groups excluding carboxylic acids is 1. The van der Waals surface area contributed by atoms with Crippen molar-refractivity contribution < 1.29 is 9.21 Å². The van der Waals surface area contributed by atoms with Crippen molar-refractivity contribution in [2.24, 2.45) is 0 Å². The minimum absolute atomic E-state index is 0. The Morgan fingerprint density at radius 1 is 1.41 bits per heavy atom. The number of nitrogens with one attached hydrogen (secondary N) is 2. The number of halogens is 1. The van der Waals surface area contributed by atoms with E-state index in [0.29, 0.717) is 18.0 Å². The van der Waals surface area contributed by atoms with Crippen LogP contribution in [0.3, 0.4) is 0 Å². The number of carbonyl (C=O) groups is 1. The first-order chi connectivity index (χ1) is 10.1. The fourth-order valence-corrected chi connectivity index (χ4v) is 2.63. The molecule has 2 N–H and O–H groups in total. The second-order valence-corrected chi connectivity index (χ2v) is 5.56. The minimum Gasteiger partial charge on any atom is -0.460 e. The lowest BCUT2D eigenvalue weighted by Gasteiger charge is -2.38. The fourth-order valence-electron chi connectivity index (χ4n) is 2.63. The summed E-state index contributed by atoms with van der Waals surface area (Å²) < 4.78 is 5.54. The smallest absolute Gasteiger partial charge is 0.274 e. The molecule has 22 heavy (non-hydrogen) atoms. The van der Waals surface area contributed by atoms with Gasteiger partial charge in [0.05, 0.1) is 0 Å². The van der Waals surface area contributed by atoms with Crippen LogP contribution in [0, 0.1) is 6.92 Å². The van der Waals surface area contributed by atoms with Crippen LogP contribution >= 0.6 is 12.4 Å². The van der Waals surface area contributed by atoms with Crippen molar-refractivity contribution in [3.05, 3.63) is 29.7 Å². The van der Waals surface area contributed by atoms with Crippen LogP contribution in [0.4, 0.5) is 0 Å². The van der Waals surface area contributed by atoms with Gasteiger partial charge in [0.2, 0.25) is 0 Å². The monoisotopic (exact) mass is 324 g/mol. The number of H-pyrrole nitrogens is 1. The van der Waals surface area contributed by atoms with Gasteiger partial charge in [0, 0.05) is 31.2 Å². The molecule has 2 unspecified atom stereocenters. The van der Waals surface area contributed by atoms with Crippen molar-refractivity contribution in [1.29, 1.82) is 0 Å². The second kappa shape index (κ2) is 6.54. The maximum absolute atomic E-state index is 12.6. The standard InChI is InChI=1S/C15H20N4O2.ClH/c1-9-4-5-14(21-9)12-8-13(18-17-12)15(20)19-7-6-16-10(2)11(19)3;/h4-5,8,10-11,16H,6-7H2,1-3H3,(H,17,18);1H. The molecular weight excluding hydrogens is 304 g/mol. The highest BCUT2D eigenvalue weighted by Gasteiger charge is 2.30. The highest BCUT2D eigenvalue weighted by molar-refractivity contribution is 5.93. The van der Waals surface area contributed by atoms with Crippen LogP contribution in [0.5, 0.6) is 0 Å². The summed E-state index contributed by atoms with van der Waals surface area (Å²) in [7, 11) is 0. The Bertz CT molecular complexity index is 652. The predicted molar refractivity (Wildman–Crippen MR) is 86.2 cm³/mol. The fraction of sp³-hybridized carbons (Fsp3) is 0.467. The molecule has 0 spiro atoms. The average molecular weight is 325 g/mol. The molecule has 1 saturated heterocycles. The van der Waals surface area contributed by atoms with Gasteiger partial charge in [-0.3, -0.25) is 9.89 Å². The summed E-state index contributed by atoms with van der Waals surface area (Å²) in [6, 6.07) is 5.94. The molecule has 0 aliphatic carbocycles. The zero-order valence-corrected chi connectivity index (χ0v) is 13.7. The van der Waals surface area contributed by atoms with Crippen LogP contribution in [0.2, 0.25) is 0 Å². The molecule has 1 fully saturated rings. The zero-order chi connectivity index (χ0) is 15.0. The van der Waals surface area contributed by atoms with E-state index >= 15 is 0 Å². The lowest BCUT2D eigenvalue weighted by molar-refractivity contribution is 0.0597. The van der Waals surface area contributed by atoms with Gasteiger partial charge in [-0.25, -0.2) is 0 Å². The normalized spacial score (nSPS) is 21.5. The van der Waals surface area contributed by atoms with E-state index in [4.69, 9.17) is 4.42 Å². The molecule has 0 bridgehead atoms. The van der Waals surface area contributed by atoms with Gasteiger partial charge in [-0.15, -0.1) is 12.4 Å². The SMILES string of the molecule is Cc1ccc(-c2cc(C(=O)N3CCNC(C)C3C)n[nH]2)o1.Cl. The Kier molecular flexibility index (Phi) is 4.93. The Balaban J connectivity index is 0.00000176. The van der Waals surface area contributed by atoms with Crippen molar-refractivity contribution in [3.63, 3.8) is 0 Å². The number of amides is 1. The van der Waals surface area contributed by atoms with Crippen molar-refractivity contribution in [3.8, 4) is 11.5 Å². The van der Waals surface area contributed by atoms with E-state index in [1.165, 1.54) is 0 Å². The number of aromatic amines is 1. The van der Waals surface area contributed by atoms with Gasteiger partial charge in [-0.05, 0) is 32.9 Å². The molecule has 120 valence electrons. The molecular formula is C15H21ClN4O2. The summed E-state index contributed by atoms with van der Waals surface area (Å²) in [5.41, 5.74) is 1.15. The highest BCUT2D eigenvalue weighted by atomic mass is 35.5. The number of hydrogen-bond donors (Lipinski definition) is 2. The van der Waals surface area contributed by atoms with Crippen molar-refractivity contribution in [2.45, 2.75) is 32.9 Å². The largest absolute Gasteiger partial charge is 0.460 e. The summed E-state index contributed by atoms with van der Waals surface area (Å²) in [5, 5.41) is 10.4. The quantitative estimate of drug-likeness (QED) is 0.888. The van der Waals surface area contributed by atoms with Gasteiger partial charge >= 0.3 is 0 Å². The van der Waals surface area contributed by atoms with Crippen LogP contribution in [0.25, 0.3) is 11.5 Å². The number of nitrogens with zero attached hydrogens (tertiary/aromatic N) is 2. The molecule has 3 heterocycles. The van der Waals surface area contributed by atoms with Gasteiger partial charge in [0.1, 0.15) is 11.5 Å². The number of hydrogen-bond acceptors (Lipinski definition) is 4. The first kappa shape index (κ1) is 16.6. The molecule has 3 rings (SSSR count). The van der Waals surface area contributed by atoms with Crippen LogP contribution in [0.15, 0.2) is 22.6 Å². The van der Waals surface area contributed by atoms with E-state index in [9.17, 15) is 4.79 Å². The van der Waals surface area contributed by atoms with E-state index in [2.05, 4.69) is 29.4 Å².